The second kappa shape index (κ2) is 6.21. The van der Waals surface area contributed by atoms with Crippen LogP contribution in [0.1, 0.15) is 19.4 Å². The molecule has 0 aliphatic carbocycles. The lowest BCUT2D eigenvalue weighted by Crippen LogP contribution is -2.18. The predicted octanol–water partition coefficient (Wildman–Crippen LogP) is 2.26. The van der Waals surface area contributed by atoms with Crippen LogP contribution in [-0.2, 0) is 6.42 Å². The average molecular weight is 239 g/mol. The molecule has 2 N–H and O–H groups in total. The number of benzene rings is 1. The van der Waals surface area contributed by atoms with E-state index in [1.165, 1.54) is 12.1 Å². The first-order chi connectivity index (χ1) is 8.04. The SMILES string of the molecule is CC#CCOc1c(F)cc(CC(C)N)cc1F. The van der Waals surface area contributed by atoms with E-state index in [4.69, 9.17) is 10.5 Å². The smallest absolute Gasteiger partial charge is 0.192 e. The fourth-order valence-electron chi connectivity index (χ4n) is 1.42. The van der Waals surface area contributed by atoms with E-state index in [9.17, 15) is 8.78 Å². The Kier molecular flexibility index (Phi) is 4.92. The van der Waals surface area contributed by atoms with Gasteiger partial charge in [-0.25, -0.2) is 8.78 Å². The third-order valence-corrected chi connectivity index (χ3v) is 2.08. The van der Waals surface area contributed by atoms with Gasteiger partial charge in [-0.05, 0) is 38.0 Å². The Bertz CT molecular complexity index is 423. The highest BCUT2D eigenvalue weighted by Crippen LogP contribution is 2.23. The Balaban J connectivity index is 2.88. The lowest BCUT2D eigenvalue weighted by atomic mass is 10.1. The van der Waals surface area contributed by atoms with Crippen molar-refractivity contribution < 1.29 is 13.5 Å². The number of halogens is 2. The highest BCUT2D eigenvalue weighted by atomic mass is 19.1. The predicted molar refractivity (Wildman–Crippen MR) is 62.7 cm³/mol. The van der Waals surface area contributed by atoms with Crippen LogP contribution in [0.15, 0.2) is 12.1 Å². The molecule has 0 radical (unpaired) electrons. The first-order valence-corrected chi connectivity index (χ1v) is 5.30. The van der Waals surface area contributed by atoms with Gasteiger partial charge in [0.25, 0.3) is 0 Å². The van der Waals surface area contributed by atoms with Gasteiger partial charge in [-0.15, -0.1) is 5.92 Å². The maximum absolute atomic E-state index is 13.5. The zero-order chi connectivity index (χ0) is 12.8. The van der Waals surface area contributed by atoms with Crippen molar-refractivity contribution in [2.45, 2.75) is 26.3 Å². The van der Waals surface area contributed by atoms with E-state index in [-0.39, 0.29) is 18.4 Å². The summed E-state index contributed by atoms with van der Waals surface area (Å²) in [7, 11) is 0. The minimum atomic E-state index is -0.724. The summed E-state index contributed by atoms with van der Waals surface area (Å²) in [6.07, 6.45) is 0.420. The summed E-state index contributed by atoms with van der Waals surface area (Å²) >= 11 is 0. The largest absolute Gasteiger partial charge is 0.475 e. The Morgan fingerprint density at radius 3 is 2.41 bits per heavy atom. The van der Waals surface area contributed by atoms with Crippen LogP contribution in [0, 0.1) is 23.5 Å². The van der Waals surface area contributed by atoms with E-state index in [1.807, 2.05) is 0 Å². The summed E-state index contributed by atoms with van der Waals surface area (Å²) in [4.78, 5) is 0. The number of rotatable bonds is 4. The molecule has 1 aromatic carbocycles. The van der Waals surface area contributed by atoms with Gasteiger partial charge < -0.3 is 10.5 Å². The van der Waals surface area contributed by atoms with Gasteiger partial charge in [-0.1, -0.05) is 5.92 Å². The molecule has 0 saturated carbocycles. The highest BCUT2D eigenvalue weighted by Gasteiger charge is 2.12. The van der Waals surface area contributed by atoms with Crippen LogP contribution in [0.3, 0.4) is 0 Å². The average Bonchev–Trinajstić information content (AvgIpc) is 2.21. The van der Waals surface area contributed by atoms with Crippen molar-refractivity contribution >= 4 is 0 Å². The molecule has 0 fully saturated rings. The number of ether oxygens (including phenoxy) is 1. The minimum Gasteiger partial charge on any atom is -0.475 e. The molecular weight excluding hydrogens is 224 g/mol. The molecule has 0 bridgehead atoms. The lowest BCUT2D eigenvalue weighted by Gasteiger charge is -2.09. The second-order valence-corrected chi connectivity index (χ2v) is 3.79. The van der Waals surface area contributed by atoms with E-state index in [2.05, 4.69) is 11.8 Å². The second-order valence-electron chi connectivity index (χ2n) is 3.79. The maximum atomic E-state index is 13.5. The summed E-state index contributed by atoms with van der Waals surface area (Å²) in [6, 6.07) is 2.33. The maximum Gasteiger partial charge on any atom is 0.192 e. The fourth-order valence-corrected chi connectivity index (χ4v) is 1.42. The van der Waals surface area contributed by atoms with Gasteiger partial charge in [-0.2, -0.15) is 0 Å². The lowest BCUT2D eigenvalue weighted by molar-refractivity contribution is 0.325. The van der Waals surface area contributed by atoms with Gasteiger partial charge in [-0.3, -0.25) is 0 Å². The molecule has 92 valence electrons. The van der Waals surface area contributed by atoms with Gasteiger partial charge in [0.05, 0.1) is 0 Å². The Labute approximate surface area is 99.8 Å². The van der Waals surface area contributed by atoms with Crippen LogP contribution < -0.4 is 10.5 Å². The highest BCUT2D eigenvalue weighted by molar-refractivity contribution is 5.32. The quantitative estimate of drug-likeness (QED) is 0.818. The van der Waals surface area contributed by atoms with E-state index in [0.29, 0.717) is 12.0 Å². The first kappa shape index (κ1) is 13.5. The molecule has 0 aliphatic rings. The van der Waals surface area contributed by atoms with Crippen LogP contribution >= 0.6 is 0 Å². The molecule has 0 saturated heterocycles. The summed E-state index contributed by atoms with van der Waals surface area (Å²) in [5.41, 5.74) is 6.08. The van der Waals surface area contributed by atoms with Crippen molar-refractivity contribution in [3.8, 4) is 17.6 Å². The molecule has 1 rings (SSSR count). The van der Waals surface area contributed by atoms with E-state index >= 15 is 0 Å². The monoisotopic (exact) mass is 239 g/mol. The van der Waals surface area contributed by atoms with Gasteiger partial charge in [0, 0.05) is 6.04 Å². The molecule has 1 atom stereocenters. The zero-order valence-electron chi connectivity index (χ0n) is 9.89. The van der Waals surface area contributed by atoms with Crippen molar-refractivity contribution in [2.75, 3.05) is 6.61 Å². The van der Waals surface area contributed by atoms with Crippen molar-refractivity contribution in [1.29, 1.82) is 0 Å². The van der Waals surface area contributed by atoms with Crippen LogP contribution in [0.4, 0.5) is 8.78 Å². The fraction of sp³-hybridized carbons (Fsp3) is 0.385. The number of nitrogens with two attached hydrogens (primary N) is 1. The summed E-state index contributed by atoms with van der Waals surface area (Å²) < 4.78 is 32.0. The van der Waals surface area contributed by atoms with Crippen LogP contribution in [0.2, 0.25) is 0 Å². The van der Waals surface area contributed by atoms with Crippen LogP contribution in [0.5, 0.6) is 5.75 Å². The molecule has 0 aromatic heterocycles. The molecule has 0 amide bonds. The zero-order valence-corrected chi connectivity index (χ0v) is 9.89. The molecule has 0 aliphatic heterocycles. The Morgan fingerprint density at radius 1 is 1.35 bits per heavy atom. The third kappa shape index (κ3) is 4.04. The van der Waals surface area contributed by atoms with Crippen molar-refractivity contribution in [3.05, 3.63) is 29.3 Å². The molecule has 1 unspecified atom stereocenters. The number of hydrogen-bond donors (Lipinski definition) is 1. The van der Waals surface area contributed by atoms with Gasteiger partial charge in [0.15, 0.2) is 17.4 Å². The molecule has 1 aromatic rings. The summed E-state index contributed by atoms with van der Waals surface area (Å²) in [6.45, 7) is 3.37. The van der Waals surface area contributed by atoms with Crippen LogP contribution in [0.25, 0.3) is 0 Å². The van der Waals surface area contributed by atoms with E-state index in [1.54, 1.807) is 13.8 Å². The molecule has 4 heteroatoms. The molecule has 2 nitrogen and oxygen atoms in total. The first-order valence-electron chi connectivity index (χ1n) is 5.30. The normalized spacial score (nSPS) is 11.6. The molecule has 17 heavy (non-hydrogen) atoms. The van der Waals surface area contributed by atoms with E-state index < -0.39 is 11.6 Å². The topological polar surface area (TPSA) is 35.2 Å². The summed E-state index contributed by atoms with van der Waals surface area (Å²) in [5, 5.41) is 0. The van der Waals surface area contributed by atoms with E-state index in [0.717, 1.165) is 0 Å². The number of hydrogen-bond acceptors (Lipinski definition) is 2. The summed E-state index contributed by atoms with van der Waals surface area (Å²) in [5.74, 6) is 3.32. The van der Waals surface area contributed by atoms with Gasteiger partial charge in [0.2, 0.25) is 0 Å². The minimum absolute atomic E-state index is 0.0308. The molecule has 0 heterocycles. The Morgan fingerprint density at radius 2 is 1.94 bits per heavy atom. The van der Waals surface area contributed by atoms with Crippen molar-refractivity contribution in [3.63, 3.8) is 0 Å². The van der Waals surface area contributed by atoms with Gasteiger partial charge in [0.1, 0.15) is 6.61 Å². The molecule has 0 spiro atoms. The third-order valence-electron chi connectivity index (χ3n) is 2.08. The standard InChI is InChI=1S/C13H15F2NO/c1-3-4-5-17-13-11(14)7-10(6-9(2)16)8-12(13)15/h7-9H,5-6,16H2,1-2H3. The Hall–Kier alpha value is -1.60. The van der Waals surface area contributed by atoms with Crippen LogP contribution in [-0.4, -0.2) is 12.6 Å². The van der Waals surface area contributed by atoms with Crippen molar-refractivity contribution in [1.82, 2.24) is 0 Å². The van der Waals surface area contributed by atoms with Gasteiger partial charge >= 0.3 is 0 Å². The van der Waals surface area contributed by atoms with Crippen molar-refractivity contribution in [2.24, 2.45) is 5.73 Å². The molecular formula is C13H15F2NO.